The number of nitrogens with zero attached hydrogens (tertiary/aromatic N) is 4. The minimum Gasteiger partial charge on any atom is -0.227 e. The highest BCUT2D eigenvalue weighted by Crippen LogP contribution is 2.49. The Bertz CT molecular complexity index is 2210. The smallest absolute Gasteiger partial charge is 0.227 e. The molecule has 4 aromatic heterocycles. The summed E-state index contributed by atoms with van der Waals surface area (Å²) in [4.78, 5) is 8.71. The lowest BCUT2D eigenvalue weighted by atomic mass is 9.94. The van der Waals surface area contributed by atoms with Crippen molar-refractivity contribution in [2.75, 3.05) is 0 Å². The van der Waals surface area contributed by atoms with E-state index in [1.807, 2.05) is 24.3 Å². The van der Waals surface area contributed by atoms with E-state index < -0.39 is 0 Å². The van der Waals surface area contributed by atoms with Gasteiger partial charge in [-0.25, -0.2) is 9.69 Å². The van der Waals surface area contributed by atoms with Crippen molar-refractivity contribution in [1.29, 1.82) is 10.5 Å². The summed E-state index contributed by atoms with van der Waals surface area (Å²) in [6.45, 7) is 15.2. The predicted octanol–water partition coefficient (Wildman–Crippen LogP) is 10.8. The summed E-state index contributed by atoms with van der Waals surface area (Å²) < 4.78 is 4.21. The number of hydrogen-bond acceptors (Lipinski definition) is 6. The van der Waals surface area contributed by atoms with E-state index in [0.29, 0.717) is 19.8 Å². The molecule has 0 aliphatic rings. The molecule has 4 heterocycles. The summed E-state index contributed by atoms with van der Waals surface area (Å²) in [5.41, 5.74) is 0. The minimum absolute atomic E-state index is 0.641. The molecule has 8 aromatic rings. The van der Waals surface area contributed by atoms with Gasteiger partial charge in [-0.2, -0.15) is 33.2 Å². The first-order valence-corrected chi connectivity index (χ1v) is 14.6. The van der Waals surface area contributed by atoms with Crippen molar-refractivity contribution >= 4 is 128 Å². The van der Waals surface area contributed by atoms with Crippen molar-refractivity contribution in [3.63, 3.8) is 0 Å². The van der Waals surface area contributed by atoms with Crippen LogP contribution in [-0.4, -0.2) is 0 Å². The van der Waals surface area contributed by atoms with Gasteiger partial charge in [-0.1, -0.05) is 0 Å². The summed E-state index contributed by atoms with van der Waals surface area (Å²) in [5, 5.41) is 31.1. The summed E-state index contributed by atoms with van der Waals surface area (Å²) in [6.07, 6.45) is 0. The van der Waals surface area contributed by atoms with Gasteiger partial charge in [0.1, 0.15) is 21.9 Å². The standard InChI is InChI=1S/C30H8N4S4/c1-33-25-9-23-19-5-13-3-17-18(22-8-16(12-32)36-28(22)27-21(17)7-15(11-31)35-27)4-14(13)6-20(19)24-10-26(34-2)38-30(24)29(23)37-25/h3-10H. The molecule has 0 spiro atoms. The van der Waals surface area contributed by atoms with Crippen molar-refractivity contribution in [2.45, 2.75) is 0 Å². The Morgan fingerprint density at radius 2 is 0.816 bits per heavy atom. The topological polar surface area (TPSA) is 56.3 Å². The highest BCUT2D eigenvalue weighted by molar-refractivity contribution is 7.31. The summed E-state index contributed by atoms with van der Waals surface area (Å²) in [5.74, 6) is 0. The van der Waals surface area contributed by atoms with Gasteiger partial charge in [-0.3, -0.25) is 0 Å². The van der Waals surface area contributed by atoms with E-state index in [-0.39, 0.29) is 0 Å². The Balaban J connectivity index is 1.60. The Kier molecular flexibility index (Phi) is 4.25. The van der Waals surface area contributed by atoms with Crippen LogP contribution in [0.5, 0.6) is 0 Å². The molecule has 172 valence electrons. The van der Waals surface area contributed by atoms with Crippen LogP contribution in [0.1, 0.15) is 9.75 Å². The van der Waals surface area contributed by atoms with Crippen LogP contribution in [0.4, 0.5) is 10.0 Å². The molecule has 8 rings (SSSR count). The molecular formula is C30H8N4S4. The monoisotopic (exact) mass is 552 g/mol. The molecule has 0 amide bonds. The van der Waals surface area contributed by atoms with Gasteiger partial charge in [-0.05, 0) is 91.6 Å². The van der Waals surface area contributed by atoms with Crippen LogP contribution in [0.3, 0.4) is 0 Å². The summed E-state index contributed by atoms with van der Waals surface area (Å²) >= 11 is 5.92. The second-order valence-corrected chi connectivity index (χ2v) is 13.1. The summed E-state index contributed by atoms with van der Waals surface area (Å²) in [6, 6.07) is 21.2. The molecule has 0 N–H and O–H groups in total. The fraction of sp³-hybridized carbons (Fsp3) is 0. The number of hydrogen-bond donors (Lipinski definition) is 0. The molecule has 0 atom stereocenters. The Morgan fingerprint density at radius 1 is 0.474 bits per heavy atom. The van der Waals surface area contributed by atoms with Gasteiger partial charge in [0.2, 0.25) is 10.0 Å². The van der Waals surface area contributed by atoms with E-state index in [1.54, 1.807) is 0 Å². The van der Waals surface area contributed by atoms with Crippen molar-refractivity contribution < 1.29 is 0 Å². The SMILES string of the molecule is [C-]#[N+]c1cc2c3cc4cc5c(cc4cc3c3cc([N+]#[C-])sc3c2s1)c1cc(C#N)sc1c1sc(C#N)cc51. The largest absolute Gasteiger partial charge is 0.242 e. The third-order valence-electron chi connectivity index (χ3n) is 7.03. The first-order chi connectivity index (χ1) is 18.6. The van der Waals surface area contributed by atoms with Gasteiger partial charge in [-0.15, -0.1) is 22.7 Å². The second-order valence-electron chi connectivity index (χ2n) is 8.95. The predicted molar refractivity (Wildman–Crippen MR) is 162 cm³/mol. The molecule has 38 heavy (non-hydrogen) atoms. The molecule has 0 aliphatic heterocycles. The van der Waals surface area contributed by atoms with E-state index in [9.17, 15) is 10.5 Å². The lowest BCUT2D eigenvalue weighted by Gasteiger charge is -2.10. The van der Waals surface area contributed by atoms with Crippen molar-refractivity contribution in [1.82, 2.24) is 0 Å². The van der Waals surface area contributed by atoms with Crippen LogP contribution in [0.15, 0.2) is 48.5 Å². The Morgan fingerprint density at radius 3 is 1.16 bits per heavy atom. The third kappa shape index (κ3) is 2.73. The van der Waals surface area contributed by atoms with Crippen molar-refractivity contribution in [3.05, 3.63) is 81.1 Å². The van der Waals surface area contributed by atoms with Gasteiger partial charge < -0.3 is 0 Å². The number of benzene rings is 4. The highest BCUT2D eigenvalue weighted by atomic mass is 32.1. The van der Waals surface area contributed by atoms with Crippen LogP contribution in [0.2, 0.25) is 0 Å². The van der Waals surface area contributed by atoms with Crippen LogP contribution in [0, 0.1) is 35.8 Å². The molecule has 4 aromatic carbocycles. The quantitative estimate of drug-likeness (QED) is 0.139. The molecule has 0 fully saturated rings. The van der Waals surface area contributed by atoms with Crippen LogP contribution < -0.4 is 0 Å². The van der Waals surface area contributed by atoms with Gasteiger partial charge in [0, 0.05) is 20.2 Å². The maximum Gasteiger partial charge on any atom is 0.242 e. The fourth-order valence-electron chi connectivity index (χ4n) is 5.47. The zero-order valence-corrected chi connectivity index (χ0v) is 22.3. The number of nitriles is 2. The van der Waals surface area contributed by atoms with E-state index >= 15 is 0 Å². The Labute approximate surface area is 230 Å². The molecule has 0 bridgehead atoms. The average molecular weight is 553 g/mol. The minimum atomic E-state index is 0.641. The average Bonchev–Trinajstić information content (AvgIpc) is 3.73. The normalized spacial score (nSPS) is 11.6. The van der Waals surface area contributed by atoms with E-state index in [4.69, 9.17) is 13.1 Å². The van der Waals surface area contributed by atoms with Gasteiger partial charge in [0.15, 0.2) is 0 Å². The maximum absolute atomic E-state index is 9.63. The maximum atomic E-state index is 9.63. The lowest BCUT2D eigenvalue weighted by Crippen LogP contribution is -1.82. The zero-order chi connectivity index (χ0) is 25.7. The molecule has 0 radical (unpaired) electrons. The first kappa shape index (κ1) is 21.5. The van der Waals surface area contributed by atoms with Crippen LogP contribution in [-0.2, 0) is 0 Å². The summed E-state index contributed by atoms with van der Waals surface area (Å²) in [7, 11) is 0. The van der Waals surface area contributed by atoms with Crippen LogP contribution in [0.25, 0.3) is 82.4 Å². The van der Waals surface area contributed by atoms with Crippen molar-refractivity contribution in [3.8, 4) is 12.1 Å². The molecule has 0 unspecified atom stereocenters. The highest BCUT2D eigenvalue weighted by Gasteiger charge is 2.19. The molecule has 0 aliphatic carbocycles. The first-order valence-electron chi connectivity index (χ1n) is 11.3. The van der Waals surface area contributed by atoms with Gasteiger partial charge in [0.05, 0.1) is 22.5 Å². The molecule has 4 nitrogen and oxygen atoms in total. The molecule has 0 saturated heterocycles. The van der Waals surface area contributed by atoms with Crippen molar-refractivity contribution in [2.24, 2.45) is 0 Å². The molecular weight excluding hydrogens is 545 g/mol. The number of rotatable bonds is 0. The van der Waals surface area contributed by atoms with Gasteiger partial charge in [0.25, 0.3) is 0 Å². The second kappa shape index (κ2) is 7.50. The van der Waals surface area contributed by atoms with Gasteiger partial charge >= 0.3 is 0 Å². The molecule has 8 heteroatoms. The Hall–Kier alpha value is -4.54. The third-order valence-corrected chi connectivity index (χ3v) is 11.5. The number of thiophene rings is 4. The number of fused-ring (bicyclic) bond motifs is 13. The van der Waals surface area contributed by atoms with Crippen LogP contribution >= 0.6 is 45.3 Å². The van der Waals surface area contributed by atoms with E-state index in [2.05, 4.69) is 46.1 Å². The van der Waals surface area contributed by atoms with E-state index in [1.165, 1.54) is 45.3 Å². The molecule has 0 saturated carbocycles. The lowest BCUT2D eigenvalue weighted by molar-refractivity contribution is 1.52. The van der Waals surface area contributed by atoms with E-state index in [0.717, 1.165) is 72.7 Å². The zero-order valence-electron chi connectivity index (χ0n) is 19.0. The fourth-order valence-corrected chi connectivity index (χ4v) is 9.65.